The summed E-state index contributed by atoms with van der Waals surface area (Å²) in [5, 5.41) is 0. The van der Waals surface area contributed by atoms with Crippen molar-refractivity contribution in [2.45, 2.75) is 4.90 Å². The van der Waals surface area contributed by atoms with Crippen molar-refractivity contribution in [1.29, 1.82) is 0 Å². The topological polar surface area (TPSA) is 108 Å². The standard InChI is InChI=1S/C18H18FNO7S/c1-25-13-6-7-15(17(9-13)26-2)16(21)11-27-18(22)10-20-28(23,24)14-5-3-4-12(19)8-14/h3-9,20H,10-11H2,1-2H3. The van der Waals surface area contributed by atoms with Crippen molar-refractivity contribution in [3.8, 4) is 11.5 Å². The predicted molar refractivity (Wildman–Crippen MR) is 96.4 cm³/mol. The third-order valence-electron chi connectivity index (χ3n) is 3.59. The van der Waals surface area contributed by atoms with Gasteiger partial charge in [-0.25, -0.2) is 12.8 Å². The summed E-state index contributed by atoms with van der Waals surface area (Å²) in [6.45, 7) is -1.32. The number of halogens is 1. The van der Waals surface area contributed by atoms with E-state index in [2.05, 4.69) is 0 Å². The Bertz CT molecular complexity index is 976. The number of ether oxygens (including phenoxy) is 3. The zero-order valence-electron chi connectivity index (χ0n) is 15.1. The molecule has 2 aromatic carbocycles. The number of sulfonamides is 1. The molecule has 8 nitrogen and oxygen atoms in total. The summed E-state index contributed by atoms with van der Waals surface area (Å²) in [7, 11) is -1.26. The van der Waals surface area contributed by atoms with Crippen molar-refractivity contribution in [2.24, 2.45) is 0 Å². The molecule has 1 N–H and O–H groups in total. The van der Waals surface area contributed by atoms with Crippen LogP contribution in [0, 0.1) is 5.82 Å². The minimum absolute atomic E-state index is 0.177. The van der Waals surface area contributed by atoms with Crippen LogP contribution in [0.1, 0.15) is 10.4 Å². The van der Waals surface area contributed by atoms with Crippen molar-refractivity contribution in [3.63, 3.8) is 0 Å². The zero-order valence-corrected chi connectivity index (χ0v) is 15.9. The van der Waals surface area contributed by atoms with E-state index in [1.54, 1.807) is 6.07 Å². The number of Topliss-reactive ketones (excluding diaryl/α,β-unsaturated/α-hetero) is 1. The fourth-order valence-electron chi connectivity index (χ4n) is 2.18. The minimum atomic E-state index is -4.10. The van der Waals surface area contributed by atoms with E-state index in [9.17, 15) is 22.4 Å². The van der Waals surface area contributed by atoms with Crippen LogP contribution in [-0.2, 0) is 19.6 Å². The van der Waals surface area contributed by atoms with E-state index in [-0.39, 0.29) is 16.2 Å². The maximum absolute atomic E-state index is 13.1. The highest BCUT2D eigenvalue weighted by molar-refractivity contribution is 7.89. The molecule has 10 heteroatoms. The third-order valence-corrected chi connectivity index (χ3v) is 4.99. The number of hydrogen-bond donors (Lipinski definition) is 1. The molecule has 28 heavy (non-hydrogen) atoms. The molecular weight excluding hydrogens is 393 g/mol. The number of esters is 1. The number of carbonyl (C=O) groups excluding carboxylic acids is 2. The molecule has 0 bridgehead atoms. The Morgan fingerprint density at radius 3 is 2.46 bits per heavy atom. The van der Waals surface area contributed by atoms with E-state index in [0.29, 0.717) is 5.75 Å². The van der Waals surface area contributed by atoms with Gasteiger partial charge in [0.15, 0.2) is 6.61 Å². The van der Waals surface area contributed by atoms with E-state index < -0.39 is 40.7 Å². The first-order chi connectivity index (χ1) is 13.3. The maximum atomic E-state index is 13.1. The first kappa shape index (κ1) is 21.3. The molecule has 2 aromatic rings. The molecule has 0 aliphatic rings. The van der Waals surface area contributed by atoms with Gasteiger partial charge in [-0.15, -0.1) is 0 Å². The molecule has 0 spiro atoms. The molecule has 0 heterocycles. The van der Waals surface area contributed by atoms with E-state index in [0.717, 1.165) is 12.1 Å². The van der Waals surface area contributed by atoms with Crippen LogP contribution in [-0.4, -0.2) is 47.5 Å². The third kappa shape index (κ3) is 5.51. The fraction of sp³-hybridized carbons (Fsp3) is 0.222. The van der Waals surface area contributed by atoms with Crippen LogP contribution < -0.4 is 14.2 Å². The van der Waals surface area contributed by atoms with Gasteiger partial charge < -0.3 is 14.2 Å². The van der Waals surface area contributed by atoms with Gasteiger partial charge in [0.05, 0.1) is 24.7 Å². The predicted octanol–water partition coefficient (Wildman–Crippen LogP) is 1.55. The molecular formula is C18H18FNO7S. The normalized spacial score (nSPS) is 11.0. The highest BCUT2D eigenvalue weighted by atomic mass is 32.2. The van der Waals surface area contributed by atoms with E-state index in [1.807, 2.05) is 4.72 Å². The second-order valence-corrected chi connectivity index (χ2v) is 7.20. The van der Waals surface area contributed by atoms with Crippen LogP contribution in [0.4, 0.5) is 4.39 Å². The summed E-state index contributed by atoms with van der Waals surface area (Å²) >= 11 is 0. The Morgan fingerprint density at radius 2 is 1.82 bits per heavy atom. The minimum Gasteiger partial charge on any atom is -0.497 e. The number of hydrogen-bond acceptors (Lipinski definition) is 7. The van der Waals surface area contributed by atoms with Crippen molar-refractivity contribution in [1.82, 2.24) is 4.72 Å². The quantitative estimate of drug-likeness (QED) is 0.493. The molecule has 2 rings (SSSR count). The molecule has 0 radical (unpaired) electrons. The molecule has 0 fully saturated rings. The van der Waals surface area contributed by atoms with Crippen LogP contribution >= 0.6 is 0 Å². The zero-order chi connectivity index (χ0) is 20.7. The fourth-order valence-corrected chi connectivity index (χ4v) is 3.18. The van der Waals surface area contributed by atoms with Gasteiger partial charge in [-0.05, 0) is 30.3 Å². The number of benzene rings is 2. The molecule has 0 unspecified atom stereocenters. The van der Waals surface area contributed by atoms with Crippen LogP contribution in [0.5, 0.6) is 11.5 Å². The number of methoxy groups -OCH3 is 2. The number of nitrogens with one attached hydrogen (secondary N) is 1. The molecule has 0 atom stereocenters. The van der Waals surface area contributed by atoms with Gasteiger partial charge in [0.25, 0.3) is 0 Å². The van der Waals surface area contributed by atoms with E-state index >= 15 is 0 Å². The van der Waals surface area contributed by atoms with Gasteiger partial charge in [0.1, 0.15) is 23.9 Å². The molecule has 0 aliphatic carbocycles. The van der Waals surface area contributed by atoms with Gasteiger partial charge >= 0.3 is 5.97 Å². The van der Waals surface area contributed by atoms with E-state index in [4.69, 9.17) is 14.2 Å². The van der Waals surface area contributed by atoms with Gasteiger partial charge in [-0.1, -0.05) is 6.07 Å². The lowest BCUT2D eigenvalue weighted by Crippen LogP contribution is -2.31. The second-order valence-electron chi connectivity index (χ2n) is 5.43. The highest BCUT2D eigenvalue weighted by Crippen LogP contribution is 2.25. The average Bonchev–Trinajstić information content (AvgIpc) is 2.70. The van der Waals surface area contributed by atoms with Gasteiger partial charge in [0, 0.05) is 6.07 Å². The summed E-state index contributed by atoms with van der Waals surface area (Å²) in [5.74, 6) is -1.52. The first-order valence-electron chi connectivity index (χ1n) is 7.93. The van der Waals surface area contributed by atoms with Crippen LogP contribution in [0.15, 0.2) is 47.4 Å². The number of ketones is 1. The van der Waals surface area contributed by atoms with Crippen molar-refractivity contribution >= 4 is 21.8 Å². The van der Waals surface area contributed by atoms with Crippen molar-refractivity contribution < 1.29 is 36.6 Å². The van der Waals surface area contributed by atoms with Gasteiger partial charge in [0.2, 0.25) is 15.8 Å². The Hall–Kier alpha value is -2.98. The Kier molecular flexibility index (Phi) is 7.07. The van der Waals surface area contributed by atoms with Crippen molar-refractivity contribution in [3.05, 3.63) is 53.8 Å². The van der Waals surface area contributed by atoms with Gasteiger partial charge in [-0.3, -0.25) is 9.59 Å². The Labute approximate surface area is 161 Å². The molecule has 0 aromatic heterocycles. The Morgan fingerprint density at radius 1 is 1.07 bits per heavy atom. The summed E-state index contributed by atoms with van der Waals surface area (Å²) in [6, 6.07) is 8.81. The lowest BCUT2D eigenvalue weighted by Gasteiger charge is -2.10. The first-order valence-corrected chi connectivity index (χ1v) is 9.41. The average molecular weight is 411 g/mol. The molecule has 0 saturated carbocycles. The molecule has 0 amide bonds. The summed E-state index contributed by atoms with van der Waals surface area (Å²) in [5.41, 5.74) is 0.177. The van der Waals surface area contributed by atoms with Crippen LogP contribution in [0.2, 0.25) is 0 Å². The lowest BCUT2D eigenvalue weighted by atomic mass is 10.1. The smallest absolute Gasteiger partial charge is 0.321 e. The lowest BCUT2D eigenvalue weighted by molar-refractivity contribution is -0.141. The summed E-state index contributed by atoms with van der Waals surface area (Å²) < 4.78 is 54.1. The van der Waals surface area contributed by atoms with Gasteiger partial charge in [-0.2, -0.15) is 4.72 Å². The maximum Gasteiger partial charge on any atom is 0.321 e. The molecule has 0 aliphatic heterocycles. The van der Waals surface area contributed by atoms with E-state index in [1.165, 1.54) is 38.5 Å². The second kappa shape index (κ2) is 9.29. The molecule has 0 saturated heterocycles. The number of rotatable bonds is 9. The van der Waals surface area contributed by atoms with Crippen LogP contribution in [0.25, 0.3) is 0 Å². The number of carbonyl (C=O) groups is 2. The van der Waals surface area contributed by atoms with Crippen LogP contribution in [0.3, 0.4) is 0 Å². The summed E-state index contributed by atoms with van der Waals surface area (Å²) in [4.78, 5) is 23.6. The SMILES string of the molecule is COc1ccc(C(=O)COC(=O)CNS(=O)(=O)c2cccc(F)c2)c(OC)c1. The Balaban J connectivity index is 1.93. The van der Waals surface area contributed by atoms with Crippen molar-refractivity contribution in [2.75, 3.05) is 27.4 Å². The highest BCUT2D eigenvalue weighted by Gasteiger charge is 2.19. The molecule has 150 valence electrons. The monoisotopic (exact) mass is 411 g/mol. The largest absolute Gasteiger partial charge is 0.497 e. The summed E-state index contributed by atoms with van der Waals surface area (Å²) in [6.07, 6.45) is 0.